The molecule has 0 atom stereocenters. The molecule has 0 N–H and O–H groups in total. The van der Waals surface area contributed by atoms with Crippen molar-refractivity contribution in [3.05, 3.63) is 42.5 Å². The molecule has 0 amide bonds. The molecular formula is C13H12ClN. The third-order valence-electron chi connectivity index (χ3n) is 2.30. The van der Waals surface area contributed by atoms with Crippen molar-refractivity contribution in [3.8, 4) is 0 Å². The van der Waals surface area contributed by atoms with Crippen molar-refractivity contribution in [2.45, 2.75) is 13.3 Å². The zero-order valence-corrected chi connectivity index (χ0v) is 9.33. The van der Waals surface area contributed by atoms with E-state index in [0.717, 1.165) is 17.5 Å². The summed E-state index contributed by atoms with van der Waals surface area (Å²) < 4.78 is 0. The highest BCUT2D eigenvalue weighted by Crippen LogP contribution is 2.26. The highest BCUT2D eigenvalue weighted by Gasteiger charge is 1.98. The standard InChI is InChI=1S/C13H12ClN/c1-2-13(14)15-12-9-5-7-10-6-3-4-8-11(10)12/h3-9H,2H2,1H3. The molecule has 0 fully saturated rings. The van der Waals surface area contributed by atoms with Gasteiger partial charge in [0.15, 0.2) is 0 Å². The number of nitrogens with zero attached hydrogens (tertiary/aromatic N) is 1. The number of hydrogen-bond donors (Lipinski definition) is 0. The minimum Gasteiger partial charge on any atom is -0.241 e. The maximum absolute atomic E-state index is 5.95. The molecule has 0 bridgehead atoms. The first-order valence-corrected chi connectivity index (χ1v) is 5.40. The van der Waals surface area contributed by atoms with Crippen LogP contribution in [0.3, 0.4) is 0 Å². The second-order valence-electron chi connectivity index (χ2n) is 3.34. The average molecular weight is 218 g/mol. The lowest BCUT2D eigenvalue weighted by Crippen LogP contribution is -1.81. The van der Waals surface area contributed by atoms with Crippen molar-refractivity contribution in [1.82, 2.24) is 0 Å². The Balaban J connectivity index is 2.61. The third kappa shape index (κ3) is 2.18. The van der Waals surface area contributed by atoms with Crippen LogP contribution >= 0.6 is 11.6 Å². The van der Waals surface area contributed by atoms with Crippen molar-refractivity contribution in [2.75, 3.05) is 0 Å². The molecule has 0 unspecified atom stereocenters. The summed E-state index contributed by atoms with van der Waals surface area (Å²) in [5.74, 6) is 0. The van der Waals surface area contributed by atoms with Crippen molar-refractivity contribution in [3.63, 3.8) is 0 Å². The van der Waals surface area contributed by atoms with E-state index in [1.54, 1.807) is 0 Å². The second kappa shape index (κ2) is 4.45. The van der Waals surface area contributed by atoms with Crippen LogP contribution in [0.5, 0.6) is 0 Å². The molecule has 76 valence electrons. The molecule has 0 aliphatic carbocycles. The number of hydrogen-bond acceptors (Lipinski definition) is 1. The number of aliphatic imine (C=N–C) groups is 1. The molecule has 2 aromatic carbocycles. The number of fused-ring (bicyclic) bond motifs is 1. The highest BCUT2D eigenvalue weighted by molar-refractivity contribution is 6.65. The van der Waals surface area contributed by atoms with Gasteiger partial charge in [0.25, 0.3) is 0 Å². The van der Waals surface area contributed by atoms with Gasteiger partial charge in [-0.1, -0.05) is 54.9 Å². The maximum atomic E-state index is 5.95. The Morgan fingerprint density at radius 2 is 1.87 bits per heavy atom. The van der Waals surface area contributed by atoms with Gasteiger partial charge in [0.1, 0.15) is 5.17 Å². The van der Waals surface area contributed by atoms with Crippen LogP contribution in [0.15, 0.2) is 47.5 Å². The van der Waals surface area contributed by atoms with Gasteiger partial charge in [-0.2, -0.15) is 0 Å². The number of rotatable bonds is 2. The lowest BCUT2D eigenvalue weighted by atomic mass is 10.1. The van der Waals surface area contributed by atoms with E-state index in [2.05, 4.69) is 23.2 Å². The van der Waals surface area contributed by atoms with Gasteiger partial charge in [-0.05, 0) is 17.9 Å². The van der Waals surface area contributed by atoms with Crippen LogP contribution in [0.25, 0.3) is 10.8 Å². The van der Waals surface area contributed by atoms with E-state index in [0.29, 0.717) is 5.17 Å². The Morgan fingerprint density at radius 1 is 1.13 bits per heavy atom. The fraction of sp³-hybridized carbons (Fsp3) is 0.154. The zero-order valence-electron chi connectivity index (χ0n) is 8.57. The molecule has 2 aromatic rings. The van der Waals surface area contributed by atoms with E-state index in [-0.39, 0.29) is 0 Å². The lowest BCUT2D eigenvalue weighted by Gasteiger charge is -2.01. The smallest absolute Gasteiger partial charge is 0.106 e. The first-order valence-electron chi connectivity index (χ1n) is 5.02. The van der Waals surface area contributed by atoms with Crippen LogP contribution in [0.4, 0.5) is 5.69 Å². The molecule has 2 heteroatoms. The van der Waals surface area contributed by atoms with Gasteiger partial charge in [-0.3, -0.25) is 0 Å². The Labute approximate surface area is 94.4 Å². The number of benzene rings is 2. The Bertz CT molecular complexity index is 497. The predicted octanol–water partition coefficient (Wildman–Crippen LogP) is 4.52. The normalized spacial score (nSPS) is 12.0. The first-order chi connectivity index (χ1) is 7.31. The fourth-order valence-electron chi connectivity index (χ4n) is 1.52. The van der Waals surface area contributed by atoms with Crippen LogP contribution in [-0.2, 0) is 0 Å². The van der Waals surface area contributed by atoms with Gasteiger partial charge in [0, 0.05) is 5.39 Å². The molecule has 0 aliphatic rings. The summed E-state index contributed by atoms with van der Waals surface area (Å²) in [5, 5.41) is 2.98. The molecule has 0 saturated carbocycles. The summed E-state index contributed by atoms with van der Waals surface area (Å²) in [6.07, 6.45) is 0.769. The molecule has 1 nitrogen and oxygen atoms in total. The Hall–Kier alpha value is -1.34. The Kier molecular flexibility index (Phi) is 3.02. The van der Waals surface area contributed by atoms with Crippen LogP contribution in [0.1, 0.15) is 13.3 Å². The summed E-state index contributed by atoms with van der Waals surface area (Å²) >= 11 is 5.95. The van der Waals surface area contributed by atoms with Crippen LogP contribution < -0.4 is 0 Å². The van der Waals surface area contributed by atoms with Crippen molar-refractivity contribution in [1.29, 1.82) is 0 Å². The second-order valence-corrected chi connectivity index (χ2v) is 3.78. The van der Waals surface area contributed by atoms with E-state index in [1.807, 2.05) is 31.2 Å². The van der Waals surface area contributed by atoms with Crippen LogP contribution in [0.2, 0.25) is 0 Å². The van der Waals surface area contributed by atoms with E-state index in [9.17, 15) is 0 Å². The molecular weight excluding hydrogens is 206 g/mol. The van der Waals surface area contributed by atoms with E-state index in [1.165, 1.54) is 5.39 Å². The monoisotopic (exact) mass is 217 g/mol. The van der Waals surface area contributed by atoms with E-state index >= 15 is 0 Å². The van der Waals surface area contributed by atoms with Crippen LogP contribution in [0, 0.1) is 0 Å². The summed E-state index contributed by atoms with van der Waals surface area (Å²) in [5.41, 5.74) is 0.944. The Morgan fingerprint density at radius 3 is 2.67 bits per heavy atom. The summed E-state index contributed by atoms with van der Waals surface area (Å²) in [7, 11) is 0. The van der Waals surface area contributed by atoms with Gasteiger partial charge in [-0.15, -0.1) is 0 Å². The quantitative estimate of drug-likeness (QED) is 0.656. The largest absolute Gasteiger partial charge is 0.241 e. The van der Waals surface area contributed by atoms with Crippen molar-refractivity contribution >= 4 is 33.2 Å². The lowest BCUT2D eigenvalue weighted by molar-refractivity contribution is 1.30. The zero-order chi connectivity index (χ0) is 10.7. The predicted molar refractivity (Wildman–Crippen MR) is 67.2 cm³/mol. The first kappa shape index (κ1) is 10.2. The summed E-state index contributed by atoms with van der Waals surface area (Å²) in [6.45, 7) is 2.00. The van der Waals surface area contributed by atoms with Gasteiger partial charge < -0.3 is 0 Å². The number of halogens is 1. The SMILES string of the molecule is CCC(Cl)=Nc1cccc2ccccc12. The molecule has 2 rings (SSSR count). The van der Waals surface area contributed by atoms with Gasteiger partial charge >= 0.3 is 0 Å². The highest BCUT2D eigenvalue weighted by atomic mass is 35.5. The maximum Gasteiger partial charge on any atom is 0.106 e. The van der Waals surface area contributed by atoms with Gasteiger partial charge in [0.05, 0.1) is 5.69 Å². The molecule has 0 heterocycles. The third-order valence-corrected chi connectivity index (χ3v) is 2.65. The van der Waals surface area contributed by atoms with Gasteiger partial charge in [0.2, 0.25) is 0 Å². The molecule has 0 saturated heterocycles. The van der Waals surface area contributed by atoms with Crippen molar-refractivity contribution in [2.24, 2.45) is 4.99 Å². The molecule has 0 spiro atoms. The summed E-state index contributed by atoms with van der Waals surface area (Å²) in [4.78, 5) is 4.39. The van der Waals surface area contributed by atoms with Crippen molar-refractivity contribution < 1.29 is 0 Å². The molecule has 0 aliphatic heterocycles. The van der Waals surface area contributed by atoms with Gasteiger partial charge in [-0.25, -0.2) is 4.99 Å². The molecule has 0 aromatic heterocycles. The fourth-order valence-corrected chi connectivity index (χ4v) is 1.61. The average Bonchev–Trinajstić information content (AvgIpc) is 2.29. The van der Waals surface area contributed by atoms with E-state index < -0.39 is 0 Å². The topological polar surface area (TPSA) is 12.4 Å². The minimum absolute atomic E-state index is 0.645. The summed E-state index contributed by atoms with van der Waals surface area (Å²) in [6, 6.07) is 14.2. The molecule has 0 radical (unpaired) electrons. The van der Waals surface area contributed by atoms with Crippen LogP contribution in [-0.4, -0.2) is 5.17 Å². The minimum atomic E-state index is 0.645. The van der Waals surface area contributed by atoms with E-state index in [4.69, 9.17) is 11.6 Å². The molecule has 15 heavy (non-hydrogen) atoms.